The minimum atomic E-state index is -0.538. The van der Waals surface area contributed by atoms with Crippen molar-refractivity contribution in [3.63, 3.8) is 0 Å². The summed E-state index contributed by atoms with van der Waals surface area (Å²) < 4.78 is 15.6. The molecule has 0 unspecified atom stereocenters. The first kappa shape index (κ1) is 17.3. The van der Waals surface area contributed by atoms with E-state index >= 15 is 0 Å². The van der Waals surface area contributed by atoms with Gasteiger partial charge in [0.15, 0.2) is 29.6 Å². The Hall–Kier alpha value is -3.09. The normalized spacial score (nSPS) is 10.1. The minimum absolute atomic E-state index is 0.0550. The largest absolute Gasteiger partial charge is 0.493 e. The van der Waals surface area contributed by atoms with E-state index in [9.17, 15) is 14.9 Å². The van der Waals surface area contributed by atoms with Gasteiger partial charge in [0.05, 0.1) is 19.1 Å². The second-order valence-electron chi connectivity index (χ2n) is 5.01. The standard InChI is InChI=1S/C17H17NO6/c1-11-4-6-15(13(8-11)18(20)21)24-10-14(19)12-5-7-16(22-2)17(9-12)23-3/h4-9H,10H2,1-3H3. The van der Waals surface area contributed by atoms with Crippen molar-refractivity contribution in [2.75, 3.05) is 20.8 Å². The lowest BCUT2D eigenvalue weighted by Crippen LogP contribution is -2.12. The molecule has 0 saturated carbocycles. The zero-order valence-electron chi connectivity index (χ0n) is 13.6. The van der Waals surface area contributed by atoms with Crippen LogP contribution < -0.4 is 14.2 Å². The molecule has 126 valence electrons. The summed E-state index contributed by atoms with van der Waals surface area (Å²) >= 11 is 0. The van der Waals surface area contributed by atoms with Crippen LogP contribution in [-0.4, -0.2) is 31.5 Å². The Morgan fingerprint density at radius 2 is 1.71 bits per heavy atom. The molecule has 0 N–H and O–H groups in total. The summed E-state index contributed by atoms with van der Waals surface area (Å²) in [7, 11) is 2.97. The van der Waals surface area contributed by atoms with Gasteiger partial charge in [0.25, 0.3) is 0 Å². The van der Waals surface area contributed by atoms with Crippen molar-refractivity contribution in [1.29, 1.82) is 0 Å². The zero-order chi connectivity index (χ0) is 17.7. The van der Waals surface area contributed by atoms with Gasteiger partial charge in [0.2, 0.25) is 0 Å². The van der Waals surface area contributed by atoms with Crippen LogP contribution in [0.4, 0.5) is 5.69 Å². The van der Waals surface area contributed by atoms with Gasteiger partial charge in [-0.3, -0.25) is 14.9 Å². The highest BCUT2D eigenvalue weighted by Crippen LogP contribution is 2.29. The monoisotopic (exact) mass is 331 g/mol. The van der Waals surface area contributed by atoms with Crippen LogP contribution in [-0.2, 0) is 0 Å². The molecule has 0 spiro atoms. The van der Waals surface area contributed by atoms with Gasteiger partial charge < -0.3 is 14.2 Å². The molecule has 0 amide bonds. The van der Waals surface area contributed by atoms with Crippen molar-refractivity contribution in [2.24, 2.45) is 0 Å². The summed E-state index contributed by atoms with van der Waals surface area (Å²) in [6.45, 7) is 1.42. The fourth-order valence-corrected chi connectivity index (χ4v) is 2.13. The summed E-state index contributed by atoms with van der Waals surface area (Å²) in [6.07, 6.45) is 0. The van der Waals surface area contributed by atoms with Crippen LogP contribution in [0.3, 0.4) is 0 Å². The van der Waals surface area contributed by atoms with E-state index < -0.39 is 4.92 Å². The van der Waals surface area contributed by atoms with Gasteiger partial charge in [-0.1, -0.05) is 6.07 Å². The van der Waals surface area contributed by atoms with Gasteiger partial charge in [0, 0.05) is 11.6 Å². The van der Waals surface area contributed by atoms with Crippen molar-refractivity contribution >= 4 is 11.5 Å². The maximum atomic E-state index is 12.2. The molecular weight excluding hydrogens is 314 g/mol. The average Bonchev–Trinajstić information content (AvgIpc) is 2.59. The third-order valence-corrected chi connectivity index (χ3v) is 3.38. The third kappa shape index (κ3) is 3.81. The Morgan fingerprint density at radius 3 is 2.33 bits per heavy atom. The van der Waals surface area contributed by atoms with Crippen LogP contribution in [0, 0.1) is 17.0 Å². The molecule has 0 fully saturated rings. The number of rotatable bonds is 7. The molecule has 0 bridgehead atoms. The van der Waals surface area contributed by atoms with Crippen LogP contribution in [0.1, 0.15) is 15.9 Å². The van der Waals surface area contributed by atoms with E-state index in [4.69, 9.17) is 14.2 Å². The molecule has 0 saturated heterocycles. The molecule has 0 heterocycles. The number of methoxy groups -OCH3 is 2. The number of nitro benzene ring substituents is 1. The van der Waals surface area contributed by atoms with Gasteiger partial charge >= 0.3 is 5.69 Å². The predicted molar refractivity (Wildman–Crippen MR) is 87.2 cm³/mol. The summed E-state index contributed by atoms with van der Waals surface area (Å²) in [5.41, 5.74) is 0.929. The lowest BCUT2D eigenvalue weighted by atomic mass is 10.1. The zero-order valence-corrected chi connectivity index (χ0v) is 13.6. The van der Waals surface area contributed by atoms with Crippen LogP contribution in [0.2, 0.25) is 0 Å². The summed E-state index contributed by atoms with van der Waals surface area (Å²) in [5, 5.41) is 11.1. The van der Waals surface area contributed by atoms with Crippen molar-refractivity contribution in [2.45, 2.75) is 6.92 Å². The number of benzene rings is 2. The highest BCUT2D eigenvalue weighted by molar-refractivity contribution is 5.97. The third-order valence-electron chi connectivity index (χ3n) is 3.38. The van der Waals surface area contributed by atoms with E-state index in [1.54, 1.807) is 25.1 Å². The molecule has 2 rings (SSSR count). The van der Waals surface area contributed by atoms with Gasteiger partial charge in [-0.2, -0.15) is 0 Å². The van der Waals surface area contributed by atoms with Crippen molar-refractivity contribution in [3.8, 4) is 17.2 Å². The summed E-state index contributed by atoms with van der Waals surface area (Å²) in [6, 6.07) is 9.29. The smallest absolute Gasteiger partial charge is 0.311 e. The lowest BCUT2D eigenvalue weighted by Gasteiger charge is -2.10. The van der Waals surface area contributed by atoms with E-state index in [1.165, 1.54) is 32.4 Å². The summed E-state index contributed by atoms with van der Waals surface area (Å²) in [4.78, 5) is 22.8. The summed E-state index contributed by atoms with van der Waals surface area (Å²) in [5.74, 6) is 0.652. The predicted octanol–water partition coefficient (Wildman–Crippen LogP) is 3.18. The topological polar surface area (TPSA) is 87.9 Å². The van der Waals surface area contributed by atoms with Gasteiger partial charge in [0.1, 0.15) is 0 Å². The molecular formula is C17H17NO6. The van der Waals surface area contributed by atoms with E-state index in [0.29, 0.717) is 17.1 Å². The second kappa shape index (κ2) is 7.45. The van der Waals surface area contributed by atoms with Gasteiger partial charge in [-0.15, -0.1) is 0 Å². The SMILES string of the molecule is COc1ccc(C(=O)COc2ccc(C)cc2[N+](=O)[O-])cc1OC. The first-order valence-electron chi connectivity index (χ1n) is 7.09. The molecule has 0 atom stereocenters. The molecule has 7 nitrogen and oxygen atoms in total. The number of carbonyl (C=O) groups is 1. The Morgan fingerprint density at radius 1 is 1.04 bits per heavy atom. The maximum Gasteiger partial charge on any atom is 0.311 e. The van der Waals surface area contributed by atoms with Crippen molar-refractivity contribution in [3.05, 3.63) is 57.6 Å². The van der Waals surface area contributed by atoms with E-state index in [2.05, 4.69) is 0 Å². The average molecular weight is 331 g/mol. The number of ketones is 1. The number of nitro groups is 1. The highest BCUT2D eigenvalue weighted by Gasteiger charge is 2.17. The quantitative estimate of drug-likeness (QED) is 0.440. The first-order chi connectivity index (χ1) is 11.5. The van der Waals surface area contributed by atoms with Gasteiger partial charge in [-0.25, -0.2) is 0 Å². The van der Waals surface area contributed by atoms with Gasteiger partial charge in [-0.05, 0) is 36.8 Å². The molecule has 2 aromatic rings. The minimum Gasteiger partial charge on any atom is -0.493 e. The van der Waals surface area contributed by atoms with Crippen molar-refractivity contribution in [1.82, 2.24) is 0 Å². The second-order valence-corrected chi connectivity index (χ2v) is 5.01. The van der Waals surface area contributed by atoms with Crippen LogP contribution in [0.25, 0.3) is 0 Å². The molecule has 0 aromatic heterocycles. The van der Waals surface area contributed by atoms with Crippen LogP contribution in [0.15, 0.2) is 36.4 Å². The number of aryl methyl sites for hydroxylation is 1. The molecule has 0 radical (unpaired) electrons. The fraction of sp³-hybridized carbons (Fsp3) is 0.235. The Balaban J connectivity index is 2.15. The fourth-order valence-electron chi connectivity index (χ4n) is 2.13. The Kier molecular flexibility index (Phi) is 5.36. The van der Waals surface area contributed by atoms with Crippen molar-refractivity contribution < 1.29 is 23.9 Å². The maximum absolute atomic E-state index is 12.2. The molecule has 7 heteroatoms. The molecule has 0 aliphatic heterocycles. The number of Topliss-reactive ketones (excluding diaryl/α,β-unsaturated/α-hetero) is 1. The van der Waals surface area contributed by atoms with E-state index in [1.807, 2.05) is 0 Å². The molecule has 0 aliphatic carbocycles. The number of nitrogens with zero attached hydrogens (tertiary/aromatic N) is 1. The Labute approximate surface area is 138 Å². The number of ether oxygens (including phenoxy) is 3. The van der Waals surface area contributed by atoms with E-state index in [-0.39, 0.29) is 23.8 Å². The molecule has 2 aromatic carbocycles. The van der Waals surface area contributed by atoms with E-state index in [0.717, 1.165) is 5.56 Å². The first-order valence-corrected chi connectivity index (χ1v) is 7.09. The highest BCUT2D eigenvalue weighted by atomic mass is 16.6. The lowest BCUT2D eigenvalue weighted by molar-refractivity contribution is -0.385. The molecule has 0 aliphatic rings. The van der Waals surface area contributed by atoms with Crippen LogP contribution in [0.5, 0.6) is 17.2 Å². The number of carbonyl (C=O) groups excluding carboxylic acids is 1. The number of hydrogen-bond acceptors (Lipinski definition) is 6. The molecule has 24 heavy (non-hydrogen) atoms. The number of hydrogen-bond donors (Lipinski definition) is 0. The van der Waals surface area contributed by atoms with Crippen LogP contribution >= 0.6 is 0 Å². The Bertz CT molecular complexity index is 772.